The van der Waals surface area contributed by atoms with Crippen LogP contribution in [0.4, 0.5) is 0 Å². The van der Waals surface area contributed by atoms with Gasteiger partial charge < -0.3 is 4.98 Å². The minimum atomic E-state index is 0.114. The van der Waals surface area contributed by atoms with E-state index in [9.17, 15) is 4.79 Å². The van der Waals surface area contributed by atoms with Crippen molar-refractivity contribution in [3.63, 3.8) is 0 Å². The standard InChI is InChI=1S/C13H14INO/c1-8(2)6-9-7-12(16)10-4-3-5-11(14)13(10)15-9/h3-5,7-8H,6H2,1-2H3,(H,15,16). The van der Waals surface area contributed by atoms with E-state index < -0.39 is 0 Å². The van der Waals surface area contributed by atoms with Gasteiger partial charge in [0.25, 0.3) is 0 Å². The molecule has 0 atom stereocenters. The first-order chi connectivity index (χ1) is 7.58. The second kappa shape index (κ2) is 4.57. The third kappa shape index (κ3) is 2.29. The number of hydrogen-bond acceptors (Lipinski definition) is 1. The molecule has 2 nitrogen and oxygen atoms in total. The van der Waals surface area contributed by atoms with Crippen molar-refractivity contribution in [2.24, 2.45) is 5.92 Å². The molecule has 0 aliphatic carbocycles. The molecule has 0 bridgehead atoms. The van der Waals surface area contributed by atoms with Gasteiger partial charge in [0.1, 0.15) is 0 Å². The minimum Gasteiger partial charge on any atom is -0.357 e. The van der Waals surface area contributed by atoms with Gasteiger partial charge in [-0.2, -0.15) is 0 Å². The fraction of sp³-hybridized carbons (Fsp3) is 0.308. The molecule has 0 unspecified atom stereocenters. The molecule has 0 aliphatic heterocycles. The maximum Gasteiger partial charge on any atom is 0.189 e. The molecule has 2 aromatic rings. The molecule has 1 N–H and O–H groups in total. The third-order valence-corrected chi connectivity index (χ3v) is 3.40. The van der Waals surface area contributed by atoms with E-state index in [1.54, 1.807) is 6.07 Å². The molecule has 0 fully saturated rings. The zero-order chi connectivity index (χ0) is 11.7. The van der Waals surface area contributed by atoms with E-state index in [4.69, 9.17) is 0 Å². The van der Waals surface area contributed by atoms with E-state index in [-0.39, 0.29) is 5.43 Å². The van der Waals surface area contributed by atoms with Crippen LogP contribution in [0.2, 0.25) is 0 Å². The Kier molecular flexibility index (Phi) is 3.33. The Morgan fingerprint density at radius 3 is 2.81 bits per heavy atom. The van der Waals surface area contributed by atoms with Gasteiger partial charge in [-0.3, -0.25) is 4.79 Å². The molecule has 1 heterocycles. The van der Waals surface area contributed by atoms with E-state index in [1.807, 2.05) is 18.2 Å². The molecule has 0 spiro atoms. The predicted octanol–water partition coefficient (Wildman–Crippen LogP) is 3.33. The summed E-state index contributed by atoms with van der Waals surface area (Å²) < 4.78 is 1.10. The lowest BCUT2D eigenvalue weighted by Crippen LogP contribution is -2.07. The van der Waals surface area contributed by atoms with Gasteiger partial charge in [-0.15, -0.1) is 0 Å². The third-order valence-electron chi connectivity index (χ3n) is 2.50. The van der Waals surface area contributed by atoms with Crippen LogP contribution in [0.1, 0.15) is 19.5 Å². The van der Waals surface area contributed by atoms with Gasteiger partial charge in [0.15, 0.2) is 5.43 Å². The maximum absolute atomic E-state index is 11.9. The van der Waals surface area contributed by atoms with Crippen molar-refractivity contribution in [2.45, 2.75) is 20.3 Å². The summed E-state index contributed by atoms with van der Waals surface area (Å²) >= 11 is 2.25. The van der Waals surface area contributed by atoms with Crippen LogP contribution >= 0.6 is 22.6 Å². The molecule has 0 saturated carbocycles. The first-order valence-electron chi connectivity index (χ1n) is 5.38. The average molecular weight is 327 g/mol. The number of nitrogens with one attached hydrogen (secondary N) is 1. The molecule has 0 radical (unpaired) electrons. The lowest BCUT2D eigenvalue weighted by Gasteiger charge is -2.07. The van der Waals surface area contributed by atoms with E-state index in [0.29, 0.717) is 5.92 Å². The molecule has 3 heteroatoms. The fourth-order valence-electron chi connectivity index (χ4n) is 1.84. The second-order valence-electron chi connectivity index (χ2n) is 4.42. The van der Waals surface area contributed by atoms with Crippen molar-refractivity contribution in [2.75, 3.05) is 0 Å². The topological polar surface area (TPSA) is 32.9 Å². The van der Waals surface area contributed by atoms with Crippen LogP contribution in [-0.4, -0.2) is 4.98 Å². The Hall–Kier alpha value is -0.840. The summed E-state index contributed by atoms with van der Waals surface area (Å²) in [4.78, 5) is 15.3. The van der Waals surface area contributed by atoms with E-state index in [1.165, 1.54) is 0 Å². The predicted molar refractivity (Wildman–Crippen MR) is 75.8 cm³/mol. The Balaban J connectivity index is 2.66. The molecule has 84 valence electrons. The highest BCUT2D eigenvalue weighted by Gasteiger charge is 2.05. The SMILES string of the molecule is CC(C)Cc1cc(=O)c2cccc(I)c2[nH]1. The number of benzene rings is 1. The van der Waals surface area contributed by atoms with E-state index in [0.717, 1.165) is 26.6 Å². The Morgan fingerprint density at radius 1 is 1.38 bits per heavy atom. The molecule has 0 amide bonds. The maximum atomic E-state index is 11.9. The van der Waals surface area contributed by atoms with Crippen LogP contribution < -0.4 is 5.43 Å². The molecule has 16 heavy (non-hydrogen) atoms. The second-order valence-corrected chi connectivity index (χ2v) is 5.58. The van der Waals surface area contributed by atoms with Gasteiger partial charge in [-0.25, -0.2) is 0 Å². The number of fused-ring (bicyclic) bond motifs is 1. The van der Waals surface area contributed by atoms with Crippen LogP contribution in [0.5, 0.6) is 0 Å². The first kappa shape index (κ1) is 11.6. The van der Waals surface area contributed by atoms with Crippen LogP contribution in [0.25, 0.3) is 10.9 Å². The first-order valence-corrected chi connectivity index (χ1v) is 6.46. The van der Waals surface area contributed by atoms with Crippen molar-refractivity contribution >= 4 is 33.5 Å². The molecule has 0 saturated heterocycles. The Labute approximate surface area is 108 Å². The van der Waals surface area contributed by atoms with Crippen molar-refractivity contribution in [1.29, 1.82) is 0 Å². The highest BCUT2D eigenvalue weighted by molar-refractivity contribution is 14.1. The normalized spacial score (nSPS) is 11.2. The number of aromatic nitrogens is 1. The largest absolute Gasteiger partial charge is 0.357 e. The van der Waals surface area contributed by atoms with Crippen LogP contribution in [-0.2, 0) is 6.42 Å². The summed E-state index contributed by atoms with van der Waals surface area (Å²) in [5.74, 6) is 0.550. The van der Waals surface area contributed by atoms with Crippen LogP contribution in [0, 0.1) is 9.49 Å². The molecular weight excluding hydrogens is 313 g/mol. The summed E-state index contributed by atoms with van der Waals surface area (Å²) in [6.07, 6.45) is 0.913. The van der Waals surface area contributed by atoms with E-state index >= 15 is 0 Å². The molecule has 2 rings (SSSR count). The Morgan fingerprint density at radius 2 is 2.12 bits per heavy atom. The van der Waals surface area contributed by atoms with Crippen molar-refractivity contribution in [3.8, 4) is 0 Å². The number of pyridine rings is 1. The molecule has 1 aromatic heterocycles. The monoisotopic (exact) mass is 327 g/mol. The van der Waals surface area contributed by atoms with Gasteiger partial charge in [0.2, 0.25) is 0 Å². The smallest absolute Gasteiger partial charge is 0.189 e. The van der Waals surface area contributed by atoms with Gasteiger partial charge in [0, 0.05) is 20.7 Å². The van der Waals surface area contributed by atoms with Crippen molar-refractivity contribution < 1.29 is 0 Å². The summed E-state index contributed by atoms with van der Waals surface area (Å²) in [5.41, 5.74) is 2.10. The zero-order valence-electron chi connectivity index (χ0n) is 9.38. The van der Waals surface area contributed by atoms with Crippen molar-refractivity contribution in [1.82, 2.24) is 4.98 Å². The summed E-state index contributed by atoms with van der Waals surface area (Å²) in [6, 6.07) is 7.52. The van der Waals surface area contributed by atoms with Crippen LogP contribution in [0.15, 0.2) is 29.1 Å². The number of H-pyrrole nitrogens is 1. The lowest BCUT2D eigenvalue weighted by molar-refractivity contribution is 0.636. The van der Waals surface area contributed by atoms with Gasteiger partial charge in [-0.05, 0) is 47.1 Å². The summed E-state index contributed by atoms with van der Waals surface area (Å²) in [5, 5.41) is 0.777. The minimum absolute atomic E-state index is 0.114. The zero-order valence-corrected chi connectivity index (χ0v) is 11.5. The summed E-state index contributed by atoms with van der Waals surface area (Å²) in [7, 11) is 0. The number of halogens is 1. The molecule has 0 aliphatic rings. The average Bonchev–Trinajstić information content (AvgIpc) is 2.19. The Bertz CT molecular complexity index is 572. The molecule has 1 aromatic carbocycles. The number of para-hydroxylation sites is 1. The van der Waals surface area contributed by atoms with Gasteiger partial charge >= 0.3 is 0 Å². The number of aromatic amines is 1. The lowest BCUT2D eigenvalue weighted by atomic mass is 10.1. The van der Waals surface area contributed by atoms with Crippen LogP contribution in [0.3, 0.4) is 0 Å². The quantitative estimate of drug-likeness (QED) is 0.843. The van der Waals surface area contributed by atoms with Crippen molar-refractivity contribution in [3.05, 3.63) is 43.8 Å². The highest BCUT2D eigenvalue weighted by Crippen LogP contribution is 2.17. The highest BCUT2D eigenvalue weighted by atomic mass is 127. The van der Waals surface area contributed by atoms with E-state index in [2.05, 4.69) is 41.4 Å². The molecular formula is C13H14INO. The van der Waals surface area contributed by atoms with Gasteiger partial charge in [0.05, 0.1) is 5.52 Å². The summed E-state index contributed by atoms with van der Waals surface area (Å²) in [6.45, 7) is 4.30. The number of rotatable bonds is 2. The van der Waals surface area contributed by atoms with Gasteiger partial charge in [-0.1, -0.05) is 19.9 Å². The fourth-order valence-corrected chi connectivity index (χ4v) is 2.47. The number of hydrogen-bond donors (Lipinski definition) is 1.